The predicted molar refractivity (Wildman–Crippen MR) is 39.2 cm³/mol. The van der Waals surface area contributed by atoms with Gasteiger partial charge >= 0.3 is 18.1 Å². The summed E-state index contributed by atoms with van der Waals surface area (Å²) in [7, 11) is 0. The Hall–Kier alpha value is 0.667. The average molecular weight is 285 g/mol. The lowest BCUT2D eigenvalue weighted by molar-refractivity contribution is -0.293. The topological polar surface area (TPSA) is 0 Å². The normalized spacial score (nSPS) is 17.3. The summed E-state index contributed by atoms with van der Waals surface area (Å²) in [5.41, 5.74) is 0. The lowest BCUT2D eigenvalue weighted by atomic mass is 10.3. The molecule has 0 aromatic carbocycles. The van der Waals surface area contributed by atoms with Crippen LogP contribution in [0, 0.1) is 0 Å². The molecule has 0 saturated heterocycles. The van der Waals surface area contributed by atoms with Crippen LogP contribution in [0.3, 0.4) is 0 Å². The van der Waals surface area contributed by atoms with Crippen LogP contribution in [-0.4, -0.2) is 23.9 Å². The second-order valence-electron chi connectivity index (χ2n) is 2.02. The quantitative estimate of drug-likeness (QED) is 0.412. The molecule has 0 aliphatic rings. The third-order valence-corrected chi connectivity index (χ3v) is 3.65. The molecule has 13 heavy (non-hydrogen) atoms. The molecule has 0 heterocycles. The molecular weight excluding hydrogens is 284 g/mol. The SMILES string of the molecule is FC(C(F)(F)C(F)(F)F)[Si](Cl)(Cl)Cl. The Labute approximate surface area is 83.9 Å². The Morgan fingerprint density at radius 2 is 1.23 bits per heavy atom. The third kappa shape index (κ3) is 3.07. The summed E-state index contributed by atoms with van der Waals surface area (Å²) < 4.78 is 71.0. The number of halogens is 9. The molecular formula is C3HCl3F6Si. The van der Waals surface area contributed by atoms with Crippen molar-refractivity contribution in [3.8, 4) is 0 Å². The van der Waals surface area contributed by atoms with Gasteiger partial charge in [0.2, 0.25) is 5.79 Å². The molecule has 0 fully saturated rings. The standard InChI is InChI=1S/C3HCl3F6Si/c4-13(5,6)1(7)2(8,9)3(10,11)12/h1H. The van der Waals surface area contributed by atoms with Gasteiger partial charge in [-0.15, -0.1) is 33.2 Å². The number of alkyl halides is 6. The van der Waals surface area contributed by atoms with E-state index >= 15 is 0 Å². The molecule has 0 aromatic rings. The first-order valence-electron chi connectivity index (χ1n) is 2.56. The maximum Gasteiger partial charge on any atom is 0.456 e. The largest absolute Gasteiger partial charge is 0.456 e. The van der Waals surface area contributed by atoms with Crippen molar-refractivity contribution in [3.05, 3.63) is 0 Å². The lowest BCUT2D eigenvalue weighted by Crippen LogP contribution is -2.52. The Balaban J connectivity index is 4.86. The zero-order valence-corrected chi connectivity index (χ0v) is 8.75. The van der Waals surface area contributed by atoms with Gasteiger partial charge in [-0.2, -0.15) is 22.0 Å². The van der Waals surface area contributed by atoms with Crippen LogP contribution < -0.4 is 0 Å². The Morgan fingerprint density at radius 1 is 0.923 bits per heavy atom. The van der Waals surface area contributed by atoms with E-state index in [1.165, 1.54) is 0 Å². The van der Waals surface area contributed by atoms with Crippen molar-refractivity contribution in [1.29, 1.82) is 0 Å². The highest BCUT2D eigenvalue weighted by molar-refractivity contribution is 7.65. The molecule has 0 amide bonds. The molecule has 80 valence electrons. The van der Waals surface area contributed by atoms with Crippen LogP contribution in [0.15, 0.2) is 0 Å². The molecule has 0 radical (unpaired) electrons. The maximum atomic E-state index is 12.4. The van der Waals surface area contributed by atoms with E-state index in [9.17, 15) is 26.3 Å². The van der Waals surface area contributed by atoms with Crippen molar-refractivity contribution >= 4 is 39.2 Å². The fourth-order valence-corrected chi connectivity index (χ4v) is 2.16. The molecule has 0 N–H and O–H groups in total. The van der Waals surface area contributed by atoms with E-state index in [1.54, 1.807) is 0 Å². The molecule has 0 aliphatic heterocycles. The number of hydrogen-bond donors (Lipinski definition) is 0. The number of rotatable bonds is 2. The molecule has 1 unspecified atom stereocenters. The zero-order valence-electron chi connectivity index (χ0n) is 5.48. The van der Waals surface area contributed by atoms with Crippen molar-refractivity contribution in [3.63, 3.8) is 0 Å². The van der Waals surface area contributed by atoms with Crippen LogP contribution in [0.1, 0.15) is 0 Å². The van der Waals surface area contributed by atoms with Crippen LogP contribution in [0.2, 0.25) is 0 Å². The van der Waals surface area contributed by atoms with E-state index in [-0.39, 0.29) is 0 Å². The summed E-state index contributed by atoms with van der Waals surface area (Å²) in [4.78, 5) is 0. The first-order valence-corrected chi connectivity index (χ1v) is 7.67. The van der Waals surface area contributed by atoms with Crippen molar-refractivity contribution in [2.75, 3.05) is 0 Å². The van der Waals surface area contributed by atoms with Gasteiger partial charge in [0.25, 0.3) is 0 Å². The van der Waals surface area contributed by atoms with E-state index < -0.39 is 23.9 Å². The van der Waals surface area contributed by atoms with Crippen LogP contribution >= 0.6 is 33.2 Å². The lowest BCUT2D eigenvalue weighted by Gasteiger charge is -2.25. The van der Waals surface area contributed by atoms with Gasteiger partial charge in [-0.3, -0.25) is 0 Å². The van der Waals surface area contributed by atoms with Gasteiger partial charge in [-0.1, -0.05) is 0 Å². The number of hydrogen-bond acceptors (Lipinski definition) is 0. The fraction of sp³-hybridized carbons (Fsp3) is 1.00. The van der Waals surface area contributed by atoms with Crippen LogP contribution in [-0.2, 0) is 0 Å². The molecule has 0 aromatic heterocycles. The van der Waals surface area contributed by atoms with Gasteiger partial charge in [0.05, 0.1) is 0 Å². The average Bonchev–Trinajstić information content (AvgIpc) is 1.81. The van der Waals surface area contributed by atoms with Crippen LogP contribution in [0.25, 0.3) is 0 Å². The first kappa shape index (κ1) is 13.7. The summed E-state index contributed by atoms with van der Waals surface area (Å²) in [6.07, 6.45) is -6.05. The predicted octanol–water partition coefficient (Wildman–Crippen LogP) is 3.72. The Morgan fingerprint density at radius 3 is 1.31 bits per heavy atom. The van der Waals surface area contributed by atoms with E-state index in [0.717, 1.165) is 0 Å². The molecule has 0 saturated carbocycles. The highest BCUT2D eigenvalue weighted by Gasteiger charge is 2.69. The van der Waals surface area contributed by atoms with E-state index in [0.29, 0.717) is 0 Å². The van der Waals surface area contributed by atoms with Crippen molar-refractivity contribution < 1.29 is 26.3 Å². The van der Waals surface area contributed by atoms with Crippen molar-refractivity contribution in [2.24, 2.45) is 0 Å². The van der Waals surface area contributed by atoms with E-state index in [2.05, 4.69) is 33.2 Å². The molecule has 0 bridgehead atoms. The van der Waals surface area contributed by atoms with E-state index in [1.807, 2.05) is 0 Å². The molecule has 0 rings (SSSR count). The maximum absolute atomic E-state index is 12.4. The summed E-state index contributed by atoms with van der Waals surface area (Å²) in [6, 6.07) is -4.73. The van der Waals surface area contributed by atoms with Gasteiger partial charge < -0.3 is 0 Å². The highest BCUT2D eigenvalue weighted by Crippen LogP contribution is 2.45. The van der Waals surface area contributed by atoms with E-state index in [4.69, 9.17) is 0 Å². The van der Waals surface area contributed by atoms with Crippen molar-refractivity contribution in [2.45, 2.75) is 17.9 Å². The second-order valence-corrected chi connectivity index (χ2v) is 10.7. The fourth-order valence-electron chi connectivity index (χ4n) is 0.349. The molecule has 10 heteroatoms. The molecule has 0 nitrogen and oxygen atoms in total. The Bertz CT molecular complexity index is 185. The monoisotopic (exact) mass is 284 g/mol. The molecule has 1 atom stereocenters. The minimum Gasteiger partial charge on any atom is -0.240 e. The highest BCUT2D eigenvalue weighted by atomic mass is 35.8. The van der Waals surface area contributed by atoms with Gasteiger partial charge in [-0.25, -0.2) is 4.39 Å². The summed E-state index contributed by atoms with van der Waals surface area (Å²) in [5.74, 6) is -9.42. The van der Waals surface area contributed by atoms with Crippen LogP contribution in [0.4, 0.5) is 26.3 Å². The summed E-state index contributed by atoms with van der Waals surface area (Å²) in [6.45, 7) is 0. The molecule has 0 aliphatic carbocycles. The minimum atomic E-state index is -6.05. The second kappa shape index (κ2) is 3.67. The van der Waals surface area contributed by atoms with Gasteiger partial charge in [-0.05, 0) is 0 Å². The Kier molecular flexibility index (Phi) is 3.86. The smallest absolute Gasteiger partial charge is 0.240 e. The van der Waals surface area contributed by atoms with Crippen LogP contribution in [0.5, 0.6) is 0 Å². The first-order chi connectivity index (χ1) is 5.40. The third-order valence-electron chi connectivity index (χ3n) is 0.984. The zero-order chi connectivity index (χ0) is 11.1. The summed E-state index contributed by atoms with van der Waals surface area (Å²) >= 11 is 14.1. The summed E-state index contributed by atoms with van der Waals surface area (Å²) in [5, 5.41) is 0. The van der Waals surface area contributed by atoms with Gasteiger partial charge in [0.1, 0.15) is 0 Å². The van der Waals surface area contributed by atoms with Gasteiger partial charge in [0.15, 0.2) is 0 Å². The van der Waals surface area contributed by atoms with Gasteiger partial charge in [0, 0.05) is 0 Å². The molecule has 0 spiro atoms. The minimum absolute atomic E-state index is 3.80. The van der Waals surface area contributed by atoms with Crippen molar-refractivity contribution in [1.82, 2.24) is 0 Å².